The third-order valence-corrected chi connectivity index (χ3v) is 6.92. The van der Waals surface area contributed by atoms with E-state index < -0.39 is 15.9 Å². The van der Waals surface area contributed by atoms with Crippen LogP contribution in [0.25, 0.3) is 0 Å². The Balaban J connectivity index is 1.78. The maximum Gasteiger partial charge on any atom is 0.255 e. The van der Waals surface area contributed by atoms with Crippen LogP contribution in [0.5, 0.6) is 11.5 Å². The first-order chi connectivity index (χ1) is 14.7. The quantitative estimate of drug-likeness (QED) is 0.724. The van der Waals surface area contributed by atoms with Crippen molar-refractivity contribution >= 4 is 27.5 Å². The van der Waals surface area contributed by atoms with Crippen LogP contribution >= 0.6 is 0 Å². The highest BCUT2D eigenvalue weighted by atomic mass is 32.2. The van der Waals surface area contributed by atoms with E-state index in [4.69, 9.17) is 9.47 Å². The Kier molecular flexibility index (Phi) is 6.81. The number of anilines is 1. The van der Waals surface area contributed by atoms with Crippen LogP contribution in [-0.2, 0) is 14.8 Å². The Morgan fingerprint density at radius 1 is 0.935 bits per heavy atom. The van der Waals surface area contributed by atoms with Gasteiger partial charge in [0.25, 0.3) is 5.91 Å². The van der Waals surface area contributed by atoms with Crippen LogP contribution in [0.3, 0.4) is 0 Å². The van der Waals surface area contributed by atoms with E-state index in [1.807, 2.05) is 0 Å². The van der Waals surface area contributed by atoms with Crippen LogP contribution in [0.4, 0.5) is 5.69 Å². The lowest BCUT2D eigenvalue weighted by molar-refractivity contribution is -0.129. The zero-order valence-corrected chi connectivity index (χ0v) is 18.4. The van der Waals surface area contributed by atoms with E-state index in [1.54, 1.807) is 29.2 Å². The summed E-state index contributed by atoms with van der Waals surface area (Å²) in [6.07, 6.45) is 0. The SMILES string of the molecule is COc1cc(NC(=O)c2cccc(S(=O)(=O)N3CCN(C(C)=O)CC3)c2)cc(OC)c1. The van der Waals surface area contributed by atoms with Crippen molar-refractivity contribution in [1.82, 2.24) is 9.21 Å². The number of rotatable bonds is 6. The van der Waals surface area contributed by atoms with Gasteiger partial charge in [0.05, 0.1) is 19.1 Å². The number of benzene rings is 2. The third-order valence-electron chi connectivity index (χ3n) is 5.03. The molecule has 1 aliphatic heterocycles. The highest BCUT2D eigenvalue weighted by Crippen LogP contribution is 2.26. The molecule has 0 aromatic heterocycles. The van der Waals surface area contributed by atoms with E-state index in [0.717, 1.165) is 0 Å². The Bertz CT molecular complexity index is 1060. The van der Waals surface area contributed by atoms with E-state index >= 15 is 0 Å². The molecule has 0 bridgehead atoms. The molecule has 1 aliphatic rings. The summed E-state index contributed by atoms with van der Waals surface area (Å²) in [7, 11) is -0.776. The molecule has 2 amide bonds. The molecule has 10 heteroatoms. The molecule has 0 unspecified atom stereocenters. The second-order valence-electron chi connectivity index (χ2n) is 6.99. The van der Waals surface area contributed by atoms with Gasteiger partial charge < -0.3 is 19.7 Å². The van der Waals surface area contributed by atoms with Crippen LogP contribution in [0.2, 0.25) is 0 Å². The number of nitrogens with one attached hydrogen (secondary N) is 1. The number of nitrogens with zero attached hydrogens (tertiary/aromatic N) is 2. The lowest BCUT2D eigenvalue weighted by atomic mass is 10.2. The number of hydrogen-bond donors (Lipinski definition) is 1. The molecule has 0 aliphatic carbocycles. The summed E-state index contributed by atoms with van der Waals surface area (Å²) in [5.74, 6) is 0.477. The molecule has 0 saturated carbocycles. The first-order valence-corrected chi connectivity index (χ1v) is 11.1. The van der Waals surface area contributed by atoms with Gasteiger partial charge in [0, 0.05) is 62.6 Å². The van der Waals surface area contributed by atoms with E-state index in [-0.39, 0.29) is 29.5 Å². The second kappa shape index (κ2) is 9.36. The molecule has 3 rings (SSSR count). The van der Waals surface area contributed by atoms with Gasteiger partial charge in [-0.1, -0.05) is 6.07 Å². The van der Waals surface area contributed by atoms with Gasteiger partial charge in [-0.05, 0) is 18.2 Å². The minimum absolute atomic E-state index is 0.0275. The third kappa shape index (κ3) is 5.15. The average molecular weight is 448 g/mol. The molecule has 1 N–H and O–H groups in total. The van der Waals surface area contributed by atoms with Gasteiger partial charge in [0.15, 0.2) is 0 Å². The molecule has 2 aromatic carbocycles. The Labute approximate surface area is 181 Å². The summed E-state index contributed by atoms with van der Waals surface area (Å²) in [5.41, 5.74) is 0.653. The topological polar surface area (TPSA) is 105 Å². The fourth-order valence-electron chi connectivity index (χ4n) is 3.27. The zero-order valence-electron chi connectivity index (χ0n) is 17.6. The molecule has 1 saturated heterocycles. The summed E-state index contributed by atoms with van der Waals surface area (Å²) in [6, 6.07) is 10.8. The molecule has 1 fully saturated rings. The number of ether oxygens (including phenoxy) is 2. The first-order valence-electron chi connectivity index (χ1n) is 9.64. The molecular weight excluding hydrogens is 422 g/mol. The molecule has 0 spiro atoms. The highest BCUT2D eigenvalue weighted by molar-refractivity contribution is 7.89. The predicted molar refractivity (Wildman–Crippen MR) is 115 cm³/mol. The second-order valence-corrected chi connectivity index (χ2v) is 8.93. The maximum absolute atomic E-state index is 13.0. The Morgan fingerprint density at radius 3 is 2.10 bits per heavy atom. The predicted octanol–water partition coefficient (Wildman–Crippen LogP) is 1.81. The largest absolute Gasteiger partial charge is 0.497 e. The Hall–Kier alpha value is -3.11. The van der Waals surface area contributed by atoms with Crippen molar-refractivity contribution < 1.29 is 27.5 Å². The van der Waals surface area contributed by atoms with Gasteiger partial charge in [-0.3, -0.25) is 9.59 Å². The number of carbonyl (C=O) groups excluding carboxylic acids is 2. The van der Waals surface area contributed by atoms with E-state index in [1.165, 1.54) is 43.6 Å². The lowest BCUT2D eigenvalue weighted by Gasteiger charge is -2.33. The van der Waals surface area contributed by atoms with Crippen molar-refractivity contribution in [2.24, 2.45) is 0 Å². The van der Waals surface area contributed by atoms with Crippen molar-refractivity contribution in [3.05, 3.63) is 48.0 Å². The summed E-state index contributed by atoms with van der Waals surface area (Å²) < 4.78 is 37.8. The van der Waals surface area contributed by atoms with Gasteiger partial charge >= 0.3 is 0 Å². The van der Waals surface area contributed by atoms with Crippen LogP contribution in [0.1, 0.15) is 17.3 Å². The smallest absolute Gasteiger partial charge is 0.255 e. The molecule has 0 radical (unpaired) electrons. The number of piperazine rings is 1. The van der Waals surface area contributed by atoms with Crippen LogP contribution in [0, 0.1) is 0 Å². The van der Waals surface area contributed by atoms with Crippen molar-refractivity contribution in [3.8, 4) is 11.5 Å². The van der Waals surface area contributed by atoms with Crippen molar-refractivity contribution in [1.29, 1.82) is 0 Å². The molecule has 31 heavy (non-hydrogen) atoms. The summed E-state index contributed by atoms with van der Waals surface area (Å²) in [4.78, 5) is 25.9. The van der Waals surface area contributed by atoms with Gasteiger partial charge in [-0.15, -0.1) is 0 Å². The number of hydrogen-bond acceptors (Lipinski definition) is 6. The molecule has 1 heterocycles. The standard InChI is InChI=1S/C21H25N3O6S/c1-15(25)23-7-9-24(10-8-23)31(27,28)20-6-4-5-16(11-20)21(26)22-17-12-18(29-2)14-19(13-17)30-3/h4-6,11-14H,7-10H2,1-3H3,(H,22,26). The molecular formula is C21H25N3O6S. The number of carbonyl (C=O) groups is 2. The van der Waals surface area contributed by atoms with Crippen molar-refractivity contribution in [2.45, 2.75) is 11.8 Å². The van der Waals surface area contributed by atoms with E-state index in [0.29, 0.717) is 30.3 Å². The minimum atomic E-state index is -3.79. The van der Waals surface area contributed by atoms with Gasteiger partial charge in [0.1, 0.15) is 11.5 Å². The normalized spacial score (nSPS) is 14.7. The van der Waals surface area contributed by atoms with Crippen molar-refractivity contribution in [2.75, 3.05) is 45.7 Å². The summed E-state index contributed by atoms with van der Waals surface area (Å²) in [5, 5.41) is 2.73. The Morgan fingerprint density at radius 2 is 1.55 bits per heavy atom. The van der Waals surface area contributed by atoms with Crippen molar-refractivity contribution in [3.63, 3.8) is 0 Å². The maximum atomic E-state index is 13.0. The number of amides is 2. The first kappa shape index (κ1) is 22.6. The fourth-order valence-corrected chi connectivity index (χ4v) is 4.74. The van der Waals surface area contributed by atoms with Crippen LogP contribution in [0.15, 0.2) is 47.4 Å². The van der Waals surface area contributed by atoms with Gasteiger partial charge in [-0.2, -0.15) is 4.31 Å². The minimum Gasteiger partial charge on any atom is -0.497 e. The van der Waals surface area contributed by atoms with Gasteiger partial charge in [-0.25, -0.2) is 8.42 Å². The molecule has 0 atom stereocenters. The average Bonchev–Trinajstić information content (AvgIpc) is 2.78. The van der Waals surface area contributed by atoms with Crippen LogP contribution < -0.4 is 14.8 Å². The number of sulfonamides is 1. The molecule has 2 aromatic rings. The van der Waals surface area contributed by atoms with Crippen LogP contribution in [-0.4, -0.2) is 69.8 Å². The highest BCUT2D eigenvalue weighted by Gasteiger charge is 2.29. The zero-order chi connectivity index (χ0) is 22.6. The summed E-state index contributed by atoms with van der Waals surface area (Å²) >= 11 is 0. The molecule has 166 valence electrons. The van der Waals surface area contributed by atoms with E-state index in [9.17, 15) is 18.0 Å². The monoisotopic (exact) mass is 447 g/mol. The van der Waals surface area contributed by atoms with Gasteiger partial charge in [0.2, 0.25) is 15.9 Å². The van der Waals surface area contributed by atoms with E-state index in [2.05, 4.69) is 5.32 Å². The summed E-state index contributed by atoms with van der Waals surface area (Å²) in [6.45, 7) is 2.56. The molecule has 9 nitrogen and oxygen atoms in total. The fraction of sp³-hybridized carbons (Fsp3) is 0.333. The number of methoxy groups -OCH3 is 2. The lowest BCUT2D eigenvalue weighted by Crippen LogP contribution is -2.49.